The number of nitrogens with one attached hydrogen (secondary N) is 2. The normalized spacial score (nSPS) is 24.3. The molecule has 2 fully saturated rings. The van der Waals surface area contributed by atoms with Gasteiger partial charge in [-0.25, -0.2) is 4.99 Å². The van der Waals surface area contributed by atoms with E-state index in [1.54, 1.807) is 0 Å². The van der Waals surface area contributed by atoms with Crippen LogP contribution in [0, 0.1) is 5.92 Å². The van der Waals surface area contributed by atoms with Crippen molar-refractivity contribution in [3.63, 3.8) is 0 Å². The monoisotopic (exact) mass is 363 g/mol. The van der Waals surface area contributed by atoms with Crippen LogP contribution in [-0.4, -0.2) is 56.7 Å². The molecule has 6 heteroatoms. The first kappa shape index (κ1) is 18.3. The molecule has 2 N–H and O–H groups in total. The molecular weight excluding hydrogens is 334 g/mol. The second-order valence-electron chi connectivity index (χ2n) is 7.19. The molecule has 1 aromatic rings. The maximum absolute atomic E-state index is 6.53. The predicted octanol–water partition coefficient (Wildman–Crippen LogP) is 2.56. The minimum absolute atomic E-state index is 0.557. The number of hydrogen-bond acceptors (Lipinski definition) is 3. The molecule has 1 saturated carbocycles. The highest BCUT2D eigenvalue weighted by Crippen LogP contribution is 2.30. The highest BCUT2D eigenvalue weighted by molar-refractivity contribution is 6.31. The van der Waals surface area contributed by atoms with E-state index in [0.29, 0.717) is 12.6 Å². The summed E-state index contributed by atoms with van der Waals surface area (Å²) >= 11 is 6.53. The molecule has 1 heterocycles. The minimum Gasteiger partial charge on any atom is -0.369 e. The van der Waals surface area contributed by atoms with Crippen molar-refractivity contribution in [2.45, 2.75) is 32.9 Å². The van der Waals surface area contributed by atoms with Crippen LogP contribution in [0.2, 0.25) is 5.02 Å². The first-order chi connectivity index (χ1) is 12.1. The lowest BCUT2D eigenvalue weighted by Gasteiger charge is -2.35. The molecule has 0 bridgehead atoms. The largest absolute Gasteiger partial charge is 0.369 e. The zero-order valence-corrected chi connectivity index (χ0v) is 16.3. The third kappa shape index (κ3) is 4.79. The number of hydrogen-bond donors (Lipinski definition) is 2. The number of aliphatic imine (C=N–C) groups is 1. The summed E-state index contributed by atoms with van der Waals surface area (Å²) in [7, 11) is 2.17. The molecule has 1 aliphatic heterocycles. The van der Waals surface area contributed by atoms with Gasteiger partial charge in [-0.1, -0.05) is 24.6 Å². The molecule has 5 nitrogen and oxygen atoms in total. The Labute approximate surface area is 156 Å². The smallest absolute Gasteiger partial charge is 0.191 e. The van der Waals surface area contributed by atoms with Gasteiger partial charge in [-0.3, -0.25) is 0 Å². The number of guanidine groups is 1. The number of halogens is 1. The molecule has 1 aliphatic carbocycles. The summed E-state index contributed by atoms with van der Waals surface area (Å²) in [5.41, 5.74) is 2.34. The zero-order valence-electron chi connectivity index (χ0n) is 15.6. The summed E-state index contributed by atoms with van der Waals surface area (Å²) in [6.45, 7) is 10.0. The van der Waals surface area contributed by atoms with E-state index in [1.807, 2.05) is 12.1 Å². The fraction of sp³-hybridized carbons (Fsp3) is 0.632. The maximum atomic E-state index is 6.53. The Morgan fingerprint density at radius 3 is 2.64 bits per heavy atom. The van der Waals surface area contributed by atoms with Crippen molar-refractivity contribution >= 4 is 23.2 Å². The Balaban J connectivity index is 1.75. The number of piperazine rings is 1. The third-order valence-corrected chi connectivity index (χ3v) is 5.46. The van der Waals surface area contributed by atoms with Crippen LogP contribution in [0.15, 0.2) is 23.2 Å². The molecule has 1 saturated heterocycles. The zero-order chi connectivity index (χ0) is 17.8. The lowest BCUT2D eigenvalue weighted by molar-refractivity contribution is 0.312. The van der Waals surface area contributed by atoms with Crippen molar-refractivity contribution < 1.29 is 0 Å². The number of rotatable bonds is 5. The first-order valence-corrected chi connectivity index (χ1v) is 9.72. The Morgan fingerprint density at radius 1 is 1.28 bits per heavy atom. The van der Waals surface area contributed by atoms with E-state index in [1.165, 1.54) is 12.1 Å². The lowest BCUT2D eigenvalue weighted by atomic mass is 10.1. The third-order valence-electron chi connectivity index (χ3n) is 5.11. The maximum Gasteiger partial charge on any atom is 0.191 e. The molecule has 2 unspecified atom stereocenters. The van der Waals surface area contributed by atoms with Gasteiger partial charge in [-0.05, 0) is 38.4 Å². The van der Waals surface area contributed by atoms with Gasteiger partial charge in [0.25, 0.3) is 0 Å². The van der Waals surface area contributed by atoms with E-state index < -0.39 is 0 Å². The van der Waals surface area contributed by atoms with Gasteiger partial charge in [-0.15, -0.1) is 0 Å². The number of nitrogens with zero attached hydrogens (tertiary/aromatic N) is 3. The molecule has 1 aromatic carbocycles. The second-order valence-corrected chi connectivity index (χ2v) is 7.59. The summed E-state index contributed by atoms with van der Waals surface area (Å²) in [5, 5.41) is 7.66. The number of benzene rings is 1. The Kier molecular flexibility index (Phi) is 6.07. The van der Waals surface area contributed by atoms with Crippen molar-refractivity contribution in [3.05, 3.63) is 28.8 Å². The fourth-order valence-corrected chi connectivity index (χ4v) is 3.45. The molecule has 2 atom stereocenters. The van der Waals surface area contributed by atoms with E-state index in [9.17, 15) is 0 Å². The van der Waals surface area contributed by atoms with Gasteiger partial charge in [0.15, 0.2) is 5.96 Å². The average molecular weight is 364 g/mol. The van der Waals surface area contributed by atoms with Crippen molar-refractivity contribution in [3.8, 4) is 0 Å². The van der Waals surface area contributed by atoms with Gasteiger partial charge < -0.3 is 20.4 Å². The van der Waals surface area contributed by atoms with E-state index in [-0.39, 0.29) is 0 Å². The van der Waals surface area contributed by atoms with Crippen LogP contribution in [0.5, 0.6) is 0 Å². The molecule has 2 aliphatic rings. The van der Waals surface area contributed by atoms with Crippen LogP contribution in [0.3, 0.4) is 0 Å². The van der Waals surface area contributed by atoms with Crippen LogP contribution in [-0.2, 0) is 6.54 Å². The fourth-order valence-electron chi connectivity index (χ4n) is 3.22. The Hall–Kier alpha value is -1.46. The van der Waals surface area contributed by atoms with E-state index in [2.05, 4.69) is 47.4 Å². The molecular formula is C19H30ClN5. The van der Waals surface area contributed by atoms with Gasteiger partial charge >= 0.3 is 0 Å². The molecule has 3 rings (SSSR count). The highest BCUT2D eigenvalue weighted by Gasteiger charge is 2.33. The Bertz CT molecular complexity index is 610. The van der Waals surface area contributed by atoms with Crippen LogP contribution in [0.1, 0.15) is 25.8 Å². The summed E-state index contributed by atoms with van der Waals surface area (Å²) in [4.78, 5) is 9.60. The molecule has 138 valence electrons. The van der Waals surface area contributed by atoms with Gasteiger partial charge in [0.2, 0.25) is 0 Å². The van der Waals surface area contributed by atoms with E-state index in [4.69, 9.17) is 16.6 Å². The number of anilines is 1. The first-order valence-electron chi connectivity index (χ1n) is 9.34. The quantitative estimate of drug-likeness (QED) is 0.623. The SMILES string of the molecule is CCNC(=NCc1c(Cl)cccc1N1CCN(C)CC1)NC1CC1C. The highest BCUT2D eigenvalue weighted by atomic mass is 35.5. The molecule has 0 spiro atoms. The van der Waals surface area contributed by atoms with Gasteiger partial charge in [0.05, 0.1) is 6.54 Å². The topological polar surface area (TPSA) is 42.9 Å². The van der Waals surface area contributed by atoms with Crippen LogP contribution < -0.4 is 15.5 Å². The van der Waals surface area contributed by atoms with Crippen molar-refractivity contribution in [2.75, 3.05) is 44.7 Å². The molecule has 0 radical (unpaired) electrons. The lowest BCUT2D eigenvalue weighted by Crippen LogP contribution is -2.44. The standard InChI is InChI=1S/C19H30ClN5/c1-4-21-19(23-17-12-14(17)2)22-13-15-16(20)6-5-7-18(15)25-10-8-24(3)9-11-25/h5-7,14,17H,4,8-13H2,1-3H3,(H2,21,22,23). The summed E-state index contributed by atoms with van der Waals surface area (Å²) in [5.74, 6) is 1.63. The molecule has 25 heavy (non-hydrogen) atoms. The average Bonchev–Trinajstić information content (AvgIpc) is 3.29. The van der Waals surface area contributed by atoms with E-state index in [0.717, 1.165) is 55.2 Å². The van der Waals surface area contributed by atoms with Crippen molar-refractivity contribution in [1.29, 1.82) is 0 Å². The van der Waals surface area contributed by atoms with Gasteiger partial charge in [0.1, 0.15) is 0 Å². The van der Waals surface area contributed by atoms with Crippen LogP contribution >= 0.6 is 11.6 Å². The van der Waals surface area contributed by atoms with Crippen LogP contribution in [0.4, 0.5) is 5.69 Å². The van der Waals surface area contributed by atoms with Gasteiger partial charge in [0, 0.05) is 55.0 Å². The second kappa shape index (κ2) is 8.28. The minimum atomic E-state index is 0.557. The van der Waals surface area contributed by atoms with Crippen LogP contribution in [0.25, 0.3) is 0 Å². The summed E-state index contributed by atoms with van der Waals surface area (Å²) in [6.07, 6.45) is 1.23. The molecule has 0 amide bonds. The predicted molar refractivity (Wildman–Crippen MR) is 107 cm³/mol. The molecule has 0 aromatic heterocycles. The number of likely N-dealkylation sites (N-methyl/N-ethyl adjacent to an activating group) is 1. The Morgan fingerprint density at radius 2 is 2.00 bits per heavy atom. The van der Waals surface area contributed by atoms with Gasteiger partial charge in [-0.2, -0.15) is 0 Å². The van der Waals surface area contributed by atoms with Crippen molar-refractivity contribution in [2.24, 2.45) is 10.9 Å². The summed E-state index contributed by atoms with van der Waals surface area (Å²) < 4.78 is 0. The van der Waals surface area contributed by atoms with Crippen molar-refractivity contribution in [1.82, 2.24) is 15.5 Å². The van der Waals surface area contributed by atoms with E-state index >= 15 is 0 Å². The summed E-state index contributed by atoms with van der Waals surface area (Å²) in [6, 6.07) is 6.74.